The lowest BCUT2D eigenvalue weighted by molar-refractivity contribution is -0.162. The predicted octanol–water partition coefficient (Wildman–Crippen LogP) is 2.01. The highest BCUT2D eigenvalue weighted by molar-refractivity contribution is 5.98. The molecule has 1 spiro atoms. The molecular weight excluding hydrogens is 526 g/mol. The first-order valence-corrected chi connectivity index (χ1v) is 15.2. The summed E-state index contributed by atoms with van der Waals surface area (Å²) in [7, 11) is 0. The van der Waals surface area contributed by atoms with Gasteiger partial charge in [0.2, 0.25) is 11.8 Å². The van der Waals surface area contributed by atoms with Crippen molar-refractivity contribution in [2.45, 2.75) is 76.2 Å². The Morgan fingerprint density at radius 3 is 2.59 bits per heavy atom. The van der Waals surface area contributed by atoms with Crippen LogP contribution in [-0.4, -0.2) is 120 Å². The third-order valence-corrected chi connectivity index (χ3v) is 9.30. The summed E-state index contributed by atoms with van der Waals surface area (Å²) in [6.45, 7) is 17.9. The van der Waals surface area contributed by atoms with Gasteiger partial charge in [-0.2, -0.15) is 0 Å². The molecule has 4 saturated heterocycles. The lowest BCUT2D eigenvalue weighted by atomic mass is 9.66. The second-order valence-electron chi connectivity index (χ2n) is 12.6. The number of ether oxygens (including phenoxy) is 3. The summed E-state index contributed by atoms with van der Waals surface area (Å²) in [4.78, 5) is 48.1. The van der Waals surface area contributed by atoms with Crippen LogP contribution in [0.2, 0.25) is 0 Å². The summed E-state index contributed by atoms with van der Waals surface area (Å²) >= 11 is 0. The Morgan fingerprint density at radius 1 is 1.22 bits per heavy atom. The Kier molecular flexibility index (Phi) is 10.3. The first-order valence-electron chi connectivity index (χ1n) is 15.2. The molecule has 4 aliphatic heterocycles. The van der Waals surface area contributed by atoms with Gasteiger partial charge in [-0.05, 0) is 44.9 Å². The van der Waals surface area contributed by atoms with E-state index in [2.05, 4.69) is 18.1 Å². The molecule has 4 aliphatic rings. The van der Waals surface area contributed by atoms with Crippen molar-refractivity contribution in [2.75, 3.05) is 59.2 Å². The van der Waals surface area contributed by atoms with Gasteiger partial charge in [-0.3, -0.25) is 19.3 Å². The van der Waals surface area contributed by atoms with Crippen LogP contribution in [0.3, 0.4) is 0 Å². The van der Waals surface area contributed by atoms with E-state index >= 15 is 0 Å². The van der Waals surface area contributed by atoms with Gasteiger partial charge in [0, 0.05) is 32.7 Å². The van der Waals surface area contributed by atoms with E-state index in [1.807, 2.05) is 20.8 Å². The smallest absolute Gasteiger partial charge is 0.312 e. The van der Waals surface area contributed by atoms with Crippen molar-refractivity contribution in [1.82, 2.24) is 14.7 Å². The molecule has 230 valence electrons. The number of morpholine rings is 1. The average molecular weight is 576 g/mol. The van der Waals surface area contributed by atoms with Crippen LogP contribution in [0.5, 0.6) is 0 Å². The van der Waals surface area contributed by atoms with Crippen LogP contribution in [0.15, 0.2) is 25.3 Å². The van der Waals surface area contributed by atoms with E-state index < -0.39 is 41.1 Å². The standard InChI is InChI=1S/C31H49N3O7/c1-6-8-9-17-40-29(38)25-24-27(36)34(23(21-35)20-22(3)4)26(31(24)11-10-30(25,5)41-31)28(37)33(12-7-2)14-13-32-15-18-39-19-16-32/h6-7,22-26,35H,1-2,8-21H2,3-5H3/t23-,24+,25-,26?,30+,31?/m1/s1. The number of rotatable bonds is 15. The minimum absolute atomic E-state index is 0.180. The lowest BCUT2D eigenvalue weighted by Gasteiger charge is -2.40. The predicted molar refractivity (Wildman–Crippen MR) is 154 cm³/mol. The Labute approximate surface area is 244 Å². The number of amides is 2. The van der Waals surface area contributed by atoms with Crippen molar-refractivity contribution in [3.8, 4) is 0 Å². The molecule has 0 aliphatic carbocycles. The van der Waals surface area contributed by atoms with Gasteiger partial charge in [0.05, 0.1) is 44.0 Å². The molecule has 0 aromatic heterocycles. The van der Waals surface area contributed by atoms with Gasteiger partial charge in [-0.1, -0.05) is 26.0 Å². The summed E-state index contributed by atoms with van der Waals surface area (Å²) in [5.74, 6) is -2.45. The van der Waals surface area contributed by atoms with Crippen molar-refractivity contribution < 1.29 is 33.7 Å². The SMILES string of the molecule is C=CCCCOC(=O)[C@H]1[C@H]2C(=O)N([C@@H](CO)CC(C)C)C(C(=O)N(CC=C)CCN3CCOCC3)C23CC[C@]1(C)O3. The minimum Gasteiger partial charge on any atom is -0.465 e. The number of hydrogen-bond acceptors (Lipinski definition) is 8. The average Bonchev–Trinajstić information content (AvgIpc) is 3.52. The van der Waals surface area contributed by atoms with Gasteiger partial charge in [-0.25, -0.2) is 0 Å². The van der Waals surface area contributed by atoms with E-state index in [1.165, 1.54) is 0 Å². The molecule has 41 heavy (non-hydrogen) atoms. The molecule has 4 rings (SSSR count). The number of esters is 1. The summed E-state index contributed by atoms with van der Waals surface area (Å²) < 4.78 is 17.9. The second-order valence-corrected chi connectivity index (χ2v) is 12.6. The molecule has 6 atom stereocenters. The van der Waals surface area contributed by atoms with Gasteiger partial charge in [0.15, 0.2) is 0 Å². The normalized spacial score (nSPS) is 31.8. The van der Waals surface area contributed by atoms with Crippen LogP contribution in [0.4, 0.5) is 0 Å². The van der Waals surface area contributed by atoms with Crippen molar-refractivity contribution in [1.29, 1.82) is 0 Å². The zero-order chi connectivity index (χ0) is 29.8. The number of nitrogens with zero attached hydrogens (tertiary/aromatic N) is 3. The third kappa shape index (κ3) is 6.12. The number of fused-ring (bicyclic) bond motifs is 1. The zero-order valence-electron chi connectivity index (χ0n) is 25.1. The molecule has 2 amide bonds. The zero-order valence-corrected chi connectivity index (χ0v) is 25.1. The molecule has 0 radical (unpaired) electrons. The summed E-state index contributed by atoms with van der Waals surface area (Å²) in [6.07, 6.45) is 6.40. The molecular formula is C31H49N3O7. The Bertz CT molecular complexity index is 983. The van der Waals surface area contributed by atoms with Gasteiger partial charge in [0.1, 0.15) is 17.6 Å². The molecule has 10 nitrogen and oxygen atoms in total. The van der Waals surface area contributed by atoms with E-state index in [4.69, 9.17) is 14.2 Å². The minimum atomic E-state index is -1.16. The first-order chi connectivity index (χ1) is 19.6. The van der Waals surface area contributed by atoms with E-state index in [-0.39, 0.29) is 30.9 Å². The quantitative estimate of drug-likeness (QED) is 0.180. The summed E-state index contributed by atoms with van der Waals surface area (Å²) in [5, 5.41) is 10.5. The number of unbranched alkanes of at least 4 members (excludes halogenated alkanes) is 1. The van der Waals surface area contributed by atoms with E-state index in [1.54, 1.807) is 22.0 Å². The number of likely N-dealkylation sites (tertiary alicyclic amines) is 1. The largest absolute Gasteiger partial charge is 0.465 e. The molecule has 2 unspecified atom stereocenters. The fourth-order valence-electron chi connectivity index (χ4n) is 7.41. The Balaban J connectivity index is 1.67. The first kappa shape index (κ1) is 31.7. The highest BCUT2D eigenvalue weighted by Gasteiger charge is 2.79. The number of carbonyl (C=O) groups is 3. The van der Waals surface area contributed by atoms with Crippen LogP contribution >= 0.6 is 0 Å². The third-order valence-electron chi connectivity index (χ3n) is 9.30. The number of aliphatic hydroxyl groups is 1. The fraction of sp³-hybridized carbons (Fsp3) is 0.774. The Morgan fingerprint density at radius 2 is 1.95 bits per heavy atom. The van der Waals surface area contributed by atoms with Crippen LogP contribution < -0.4 is 0 Å². The number of hydrogen-bond donors (Lipinski definition) is 1. The highest BCUT2D eigenvalue weighted by Crippen LogP contribution is 2.63. The second kappa shape index (κ2) is 13.4. The molecule has 0 saturated carbocycles. The highest BCUT2D eigenvalue weighted by atomic mass is 16.6. The molecule has 0 aromatic rings. The molecule has 10 heteroatoms. The van der Waals surface area contributed by atoms with Crippen molar-refractivity contribution in [3.63, 3.8) is 0 Å². The molecule has 2 bridgehead atoms. The molecule has 4 fully saturated rings. The maximum atomic E-state index is 14.6. The van der Waals surface area contributed by atoms with Crippen LogP contribution in [0.1, 0.15) is 52.9 Å². The number of allylic oxidation sites excluding steroid dienone is 1. The Hall–Kier alpha value is -2.27. The van der Waals surface area contributed by atoms with Gasteiger partial charge in [-0.15, -0.1) is 13.2 Å². The lowest BCUT2D eigenvalue weighted by Crippen LogP contribution is -2.59. The monoisotopic (exact) mass is 575 g/mol. The van der Waals surface area contributed by atoms with E-state index in [0.717, 1.165) is 19.5 Å². The molecule has 4 heterocycles. The van der Waals surface area contributed by atoms with E-state index in [0.29, 0.717) is 58.5 Å². The van der Waals surface area contributed by atoms with Gasteiger partial charge in [0.25, 0.3) is 0 Å². The maximum Gasteiger partial charge on any atom is 0.312 e. The van der Waals surface area contributed by atoms with Gasteiger partial charge < -0.3 is 29.1 Å². The fourth-order valence-corrected chi connectivity index (χ4v) is 7.41. The van der Waals surface area contributed by atoms with E-state index in [9.17, 15) is 19.5 Å². The molecule has 0 aromatic carbocycles. The number of carbonyl (C=O) groups excluding carboxylic acids is 3. The summed E-state index contributed by atoms with van der Waals surface area (Å²) in [6, 6.07) is -1.51. The van der Waals surface area contributed by atoms with Crippen LogP contribution in [0, 0.1) is 17.8 Å². The van der Waals surface area contributed by atoms with Gasteiger partial charge >= 0.3 is 5.97 Å². The van der Waals surface area contributed by atoms with Crippen LogP contribution in [-0.2, 0) is 28.6 Å². The van der Waals surface area contributed by atoms with Crippen molar-refractivity contribution >= 4 is 17.8 Å². The maximum absolute atomic E-state index is 14.6. The van der Waals surface area contributed by atoms with Crippen molar-refractivity contribution in [2.24, 2.45) is 17.8 Å². The van der Waals surface area contributed by atoms with Crippen LogP contribution in [0.25, 0.3) is 0 Å². The number of aliphatic hydroxyl groups excluding tert-OH is 1. The van der Waals surface area contributed by atoms with Crippen molar-refractivity contribution in [3.05, 3.63) is 25.3 Å². The topological polar surface area (TPSA) is 109 Å². The molecule has 1 N–H and O–H groups in total. The summed E-state index contributed by atoms with van der Waals surface area (Å²) in [5.41, 5.74) is -2.05.